The number of methoxy groups -OCH3 is 1. The summed E-state index contributed by atoms with van der Waals surface area (Å²) < 4.78 is 18.4. The molecule has 2 aromatic heterocycles. The summed E-state index contributed by atoms with van der Waals surface area (Å²) in [5.74, 6) is 0.896. The molecule has 0 unspecified atom stereocenters. The van der Waals surface area contributed by atoms with Crippen molar-refractivity contribution in [3.8, 4) is 22.6 Å². The summed E-state index contributed by atoms with van der Waals surface area (Å²) in [6, 6.07) is 15.5. The second-order valence-corrected chi connectivity index (χ2v) is 7.79. The number of rotatable bonds is 9. The highest BCUT2D eigenvalue weighted by Gasteiger charge is 2.15. The summed E-state index contributed by atoms with van der Waals surface area (Å²) in [4.78, 5) is 16.3. The van der Waals surface area contributed by atoms with Crippen LogP contribution in [0.3, 0.4) is 0 Å². The van der Waals surface area contributed by atoms with Gasteiger partial charge >= 0.3 is 5.97 Å². The third kappa shape index (κ3) is 5.02. The highest BCUT2D eigenvalue weighted by atomic mass is 16.5. The Morgan fingerprint density at radius 1 is 1.09 bits per heavy atom. The second-order valence-electron chi connectivity index (χ2n) is 7.79. The molecule has 2 N–H and O–H groups in total. The molecule has 0 aliphatic heterocycles. The van der Waals surface area contributed by atoms with Crippen LogP contribution in [0, 0.1) is 0 Å². The van der Waals surface area contributed by atoms with Gasteiger partial charge in [0.05, 0.1) is 31.3 Å². The van der Waals surface area contributed by atoms with Crippen molar-refractivity contribution in [3.63, 3.8) is 0 Å². The average Bonchev–Trinajstić information content (AvgIpc) is 3.18. The average molecular weight is 461 g/mol. The zero-order valence-corrected chi connectivity index (χ0v) is 19.6. The van der Waals surface area contributed by atoms with Crippen molar-refractivity contribution >= 4 is 16.9 Å². The van der Waals surface area contributed by atoms with Gasteiger partial charge in [0.2, 0.25) is 0 Å². The molecule has 2 aromatic carbocycles. The number of aryl methyl sites for hydroxylation is 1. The van der Waals surface area contributed by atoms with Gasteiger partial charge in [-0.2, -0.15) is 5.10 Å². The summed E-state index contributed by atoms with van der Waals surface area (Å²) >= 11 is 0. The topological polar surface area (TPSA) is 101 Å². The Bertz CT molecular complexity index is 1320. The lowest BCUT2D eigenvalue weighted by Gasteiger charge is -2.12. The Hall–Kier alpha value is -3.91. The van der Waals surface area contributed by atoms with E-state index in [4.69, 9.17) is 19.9 Å². The molecule has 0 aliphatic carbocycles. The highest BCUT2D eigenvalue weighted by molar-refractivity contribution is 5.87. The highest BCUT2D eigenvalue weighted by Crippen LogP contribution is 2.29. The molecule has 34 heavy (non-hydrogen) atoms. The van der Waals surface area contributed by atoms with E-state index in [0.29, 0.717) is 24.7 Å². The molecule has 0 saturated carbocycles. The molecule has 176 valence electrons. The smallest absolute Gasteiger partial charge is 0.310 e. The number of benzene rings is 2. The predicted octanol–water partition coefficient (Wildman–Crippen LogP) is 3.79. The van der Waals surface area contributed by atoms with E-state index in [0.717, 1.165) is 39.0 Å². The van der Waals surface area contributed by atoms with Gasteiger partial charge in [-0.1, -0.05) is 12.1 Å². The maximum Gasteiger partial charge on any atom is 0.310 e. The van der Waals surface area contributed by atoms with Crippen LogP contribution in [0.15, 0.2) is 54.7 Å². The summed E-state index contributed by atoms with van der Waals surface area (Å²) in [5, 5.41) is 5.66. The summed E-state index contributed by atoms with van der Waals surface area (Å²) in [6.45, 7) is 2.73. The molecule has 0 aliphatic rings. The van der Waals surface area contributed by atoms with Crippen LogP contribution in [0.1, 0.15) is 23.9 Å². The minimum absolute atomic E-state index is 0.117. The van der Waals surface area contributed by atoms with Crippen LogP contribution in [0.4, 0.5) is 0 Å². The van der Waals surface area contributed by atoms with Crippen molar-refractivity contribution in [1.29, 1.82) is 0 Å². The van der Waals surface area contributed by atoms with E-state index in [-0.39, 0.29) is 19.0 Å². The third-order valence-corrected chi connectivity index (χ3v) is 5.56. The molecular formula is C26H28N4O4. The van der Waals surface area contributed by atoms with Crippen molar-refractivity contribution in [2.24, 2.45) is 12.8 Å². The lowest BCUT2D eigenvalue weighted by atomic mass is 10.0. The van der Waals surface area contributed by atoms with E-state index in [9.17, 15) is 4.79 Å². The normalized spacial score (nSPS) is 10.9. The summed E-state index contributed by atoms with van der Waals surface area (Å²) in [7, 11) is 3.50. The van der Waals surface area contributed by atoms with Crippen molar-refractivity contribution < 1.29 is 19.0 Å². The standard InChI is InChI=1S/C26H28N4O4/c1-4-33-26(31)13-19-5-7-21(32-3)14-25(19)34-16-23-22-12-17(6-8-24(22)30(2)29-23)18-9-10-28-20(11-18)15-27/h5-12,14H,4,13,15-16,27H2,1-3H3. The number of hydrogen-bond acceptors (Lipinski definition) is 7. The first-order valence-electron chi connectivity index (χ1n) is 11.1. The molecule has 0 bridgehead atoms. The number of carbonyl (C=O) groups is 1. The van der Waals surface area contributed by atoms with E-state index < -0.39 is 0 Å². The Labute approximate surface area is 198 Å². The zero-order valence-electron chi connectivity index (χ0n) is 19.6. The van der Waals surface area contributed by atoms with Crippen LogP contribution < -0.4 is 15.2 Å². The number of aromatic nitrogens is 3. The van der Waals surface area contributed by atoms with Crippen LogP contribution in [0.25, 0.3) is 22.0 Å². The number of hydrogen-bond donors (Lipinski definition) is 1. The molecule has 8 nitrogen and oxygen atoms in total. The fraction of sp³-hybridized carbons (Fsp3) is 0.269. The van der Waals surface area contributed by atoms with Crippen LogP contribution in [-0.2, 0) is 36.2 Å². The zero-order chi connectivity index (χ0) is 24.1. The number of nitrogens with two attached hydrogens (primary N) is 1. The van der Waals surface area contributed by atoms with Crippen LogP contribution >= 0.6 is 0 Å². The number of pyridine rings is 1. The first kappa shape index (κ1) is 23.3. The van der Waals surface area contributed by atoms with Gasteiger partial charge in [0.1, 0.15) is 23.8 Å². The number of ether oxygens (including phenoxy) is 3. The lowest BCUT2D eigenvalue weighted by molar-refractivity contribution is -0.142. The van der Waals surface area contributed by atoms with E-state index in [1.54, 1.807) is 32.4 Å². The molecule has 8 heteroatoms. The molecule has 0 radical (unpaired) electrons. The van der Waals surface area contributed by atoms with Gasteiger partial charge < -0.3 is 19.9 Å². The monoisotopic (exact) mass is 460 g/mol. The fourth-order valence-electron chi connectivity index (χ4n) is 3.85. The van der Waals surface area contributed by atoms with E-state index >= 15 is 0 Å². The molecule has 0 amide bonds. The van der Waals surface area contributed by atoms with Crippen molar-refractivity contribution in [2.75, 3.05) is 13.7 Å². The van der Waals surface area contributed by atoms with Crippen molar-refractivity contribution in [2.45, 2.75) is 26.5 Å². The minimum atomic E-state index is -0.306. The molecular weight excluding hydrogens is 432 g/mol. The summed E-state index contributed by atoms with van der Waals surface area (Å²) in [6.07, 6.45) is 1.88. The predicted molar refractivity (Wildman–Crippen MR) is 129 cm³/mol. The van der Waals surface area contributed by atoms with Gasteiger partial charge in [-0.25, -0.2) is 0 Å². The van der Waals surface area contributed by atoms with Gasteiger partial charge in [0, 0.05) is 36.8 Å². The molecule has 2 heterocycles. The van der Waals surface area contributed by atoms with Gasteiger partial charge in [-0.05, 0) is 48.4 Å². The third-order valence-electron chi connectivity index (χ3n) is 5.56. The molecule has 4 rings (SSSR count). The van der Waals surface area contributed by atoms with E-state index in [2.05, 4.69) is 22.2 Å². The Balaban J connectivity index is 1.64. The fourth-order valence-corrected chi connectivity index (χ4v) is 3.85. The first-order valence-corrected chi connectivity index (χ1v) is 11.1. The number of esters is 1. The molecule has 4 aromatic rings. The molecule has 0 saturated heterocycles. The SMILES string of the molecule is CCOC(=O)Cc1ccc(OC)cc1OCc1nn(C)c2ccc(-c3ccnc(CN)c3)cc12. The van der Waals surface area contributed by atoms with Crippen LogP contribution in [-0.4, -0.2) is 34.5 Å². The largest absolute Gasteiger partial charge is 0.497 e. The van der Waals surface area contributed by atoms with Gasteiger partial charge in [0.25, 0.3) is 0 Å². The summed E-state index contributed by atoms with van der Waals surface area (Å²) in [5.41, 5.74) is 11.2. The second kappa shape index (κ2) is 10.4. The van der Waals surface area contributed by atoms with Crippen molar-refractivity contribution in [1.82, 2.24) is 14.8 Å². The number of nitrogens with zero attached hydrogens (tertiary/aromatic N) is 3. The quantitative estimate of drug-likeness (QED) is 0.379. The van der Waals surface area contributed by atoms with Gasteiger partial charge in [-0.3, -0.25) is 14.5 Å². The Morgan fingerprint density at radius 3 is 2.68 bits per heavy atom. The maximum atomic E-state index is 12.1. The lowest BCUT2D eigenvalue weighted by Crippen LogP contribution is -2.09. The van der Waals surface area contributed by atoms with E-state index in [1.807, 2.05) is 36.0 Å². The molecule has 0 spiro atoms. The van der Waals surface area contributed by atoms with Gasteiger partial charge in [-0.15, -0.1) is 0 Å². The number of carbonyl (C=O) groups excluding carboxylic acids is 1. The maximum absolute atomic E-state index is 12.1. The Morgan fingerprint density at radius 2 is 1.91 bits per heavy atom. The van der Waals surface area contributed by atoms with Gasteiger partial charge in [0.15, 0.2) is 0 Å². The van der Waals surface area contributed by atoms with Crippen LogP contribution in [0.5, 0.6) is 11.5 Å². The van der Waals surface area contributed by atoms with E-state index in [1.165, 1.54) is 0 Å². The molecule has 0 fully saturated rings. The Kier molecular flexibility index (Phi) is 7.08. The van der Waals surface area contributed by atoms with Crippen molar-refractivity contribution in [3.05, 3.63) is 71.7 Å². The number of fused-ring (bicyclic) bond motifs is 1. The minimum Gasteiger partial charge on any atom is -0.497 e. The first-order chi connectivity index (χ1) is 16.5. The van der Waals surface area contributed by atoms with Crippen LogP contribution in [0.2, 0.25) is 0 Å². The molecule has 0 atom stereocenters.